The number of piperazine rings is 1. The first-order valence-corrected chi connectivity index (χ1v) is 9.77. The zero-order valence-electron chi connectivity index (χ0n) is 17.6. The molecule has 0 atom stereocenters. The maximum Gasteiger partial charge on any atom is 0.263 e. The molecule has 1 saturated heterocycles. The summed E-state index contributed by atoms with van der Waals surface area (Å²) in [6.45, 7) is 14.6. The van der Waals surface area contributed by atoms with Crippen molar-refractivity contribution in [2.24, 2.45) is 10.9 Å². The highest BCUT2D eigenvalue weighted by molar-refractivity contribution is 5.93. The topological polar surface area (TPSA) is 27.6 Å². The van der Waals surface area contributed by atoms with E-state index >= 15 is 0 Å². The van der Waals surface area contributed by atoms with Crippen LogP contribution in [0.25, 0.3) is 0 Å². The van der Waals surface area contributed by atoms with Gasteiger partial charge in [0.1, 0.15) is 5.84 Å². The van der Waals surface area contributed by atoms with Gasteiger partial charge in [0.25, 0.3) is 6.43 Å². The molecule has 0 saturated carbocycles. The molecule has 27 heavy (non-hydrogen) atoms. The molecule has 5 heteroatoms. The number of benzene rings is 1. The molecule has 1 aliphatic rings. The van der Waals surface area contributed by atoms with Gasteiger partial charge in [-0.05, 0) is 32.3 Å². The molecular weight excluding hydrogens is 344 g/mol. The van der Waals surface area contributed by atoms with Gasteiger partial charge in [-0.3, -0.25) is 4.99 Å². The number of nitrogens with zero attached hydrogens (tertiary/aromatic N) is 2. The van der Waals surface area contributed by atoms with Crippen LogP contribution in [0.15, 0.2) is 34.8 Å². The smallest absolute Gasteiger partial charge is 0.263 e. The number of amidine groups is 1. The number of hydrogen-bond donors (Lipinski definition) is 1. The molecule has 1 heterocycles. The molecule has 0 radical (unpaired) electrons. The third-order valence-corrected chi connectivity index (χ3v) is 4.63. The first-order valence-electron chi connectivity index (χ1n) is 9.77. The highest BCUT2D eigenvalue weighted by atomic mass is 19.3. The largest absolute Gasteiger partial charge is 0.354 e. The van der Waals surface area contributed by atoms with Crippen molar-refractivity contribution >= 4 is 5.84 Å². The lowest BCUT2D eigenvalue weighted by Crippen LogP contribution is -2.46. The third kappa shape index (κ3) is 8.21. The van der Waals surface area contributed by atoms with E-state index in [1.54, 1.807) is 0 Å². The molecule has 0 unspecified atom stereocenters. The third-order valence-electron chi connectivity index (χ3n) is 4.63. The Balaban J connectivity index is 0.000000289. The predicted molar refractivity (Wildman–Crippen MR) is 112 cm³/mol. The van der Waals surface area contributed by atoms with Gasteiger partial charge >= 0.3 is 0 Å². The Labute approximate surface area is 163 Å². The number of alkyl halides is 2. The maximum absolute atomic E-state index is 12.1. The quantitative estimate of drug-likeness (QED) is 0.578. The Morgan fingerprint density at radius 1 is 1.15 bits per heavy atom. The van der Waals surface area contributed by atoms with Crippen LogP contribution in [0.3, 0.4) is 0 Å². The van der Waals surface area contributed by atoms with E-state index < -0.39 is 6.43 Å². The molecular formula is C22H35F2N3. The summed E-state index contributed by atoms with van der Waals surface area (Å²) in [4.78, 5) is 6.79. The van der Waals surface area contributed by atoms with Crippen LogP contribution in [0.5, 0.6) is 0 Å². The molecule has 0 bridgehead atoms. The number of aryl methyl sites for hydroxylation is 2. The minimum atomic E-state index is -2.35. The SMILES string of the molecule is CC/C(=C\C(=NC)N1CCNCC1)C(C)C.Cc1cc(C)cc(C(F)F)c1. The van der Waals surface area contributed by atoms with Gasteiger partial charge in [-0.25, -0.2) is 8.78 Å². The number of allylic oxidation sites excluding steroid dienone is 1. The Hall–Kier alpha value is -1.75. The zero-order valence-corrected chi connectivity index (χ0v) is 17.6. The first kappa shape index (κ1) is 23.3. The molecule has 1 aromatic carbocycles. The van der Waals surface area contributed by atoms with Crippen molar-refractivity contribution in [2.75, 3.05) is 33.2 Å². The molecule has 3 nitrogen and oxygen atoms in total. The van der Waals surface area contributed by atoms with Gasteiger partial charge in [0.15, 0.2) is 0 Å². The molecule has 0 aliphatic carbocycles. The standard InChI is InChI=1S/C13H25N3.C9H10F2/c1-5-12(11(2)3)10-13(14-4)16-8-6-15-7-9-16;1-6-3-7(2)5-8(4-6)9(10)11/h10-11,15H,5-9H2,1-4H3;3-5,9H,1-2H3/b12-10+,14-13?;. The second-order valence-electron chi connectivity index (χ2n) is 7.27. The summed E-state index contributed by atoms with van der Waals surface area (Å²) in [5.74, 6) is 1.76. The molecule has 1 N–H and O–H groups in total. The van der Waals surface area contributed by atoms with E-state index in [9.17, 15) is 8.78 Å². The second kappa shape index (κ2) is 11.9. The van der Waals surface area contributed by atoms with Crippen molar-refractivity contribution in [3.05, 3.63) is 46.5 Å². The Bertz CT molecular complexity index is 610. The van der Waals surface area contributed by atoms with E-state index in [4.69, 9.17) is 0 Å². The van der Waals surface area contributed by atoms with Crippen molar-refractivity contribution in [3.8, 4) is 0 Å². The van der Waals surface area contributed by atoms with E-state index in [1.165, 1.54) is 17.7 Å². The summed E-state index contributed by atoms with van der Waals surface area (Å²) in [7, 11) is 1.89. The highest BCUT2D eigenvalue weighted by Gasteiger charge is 2.13. The lowest BCUT2D eigenvalue weighted by atomic mass is 10.00. The maximum atomic E-state index is 12.1. The van der Waals surface area contributed by atoms with Gasteiger partial charge in [-0.15, -0.1) is 0 Å². The van der Waals surface area contributed by atoms with Crippen LogP contribution in [0.1, 0.15) is 50.3 Å². The van der Waals surface area contributed by atoms with Crippen molar-refractivity contribution in [1.82, 2.24) is 10.2 Å². The van der Waals surface area contributed by atoms with E-state index in [0.29, 0.717) is 5.92 Å². The van der Waals surface area contributed by atoms with Crippen LogP contribution in [0, 0.1) is 19.8 Å². The molecule has 152 valence electrons. The summed E-state index contributed by atoms with van der Waals surface area (Å²) in [5.41, 5.74) is 3.38. The Kier molecular flexibility index (Phi) is 10.2. The van der Waals surface area contributed by atoms with Crippen LogP contribution in [0.2, 0.25) is 0 Å². The Morgan fingerprint density at radius 2 is 1.70 bits per heavy atom. The van der Waals surface area contributed by atoms with Crippen LogP contribution < -0.4 is 5.32 Å². The number of nitrogens with one attached hydrogen (secondary N) is 1. The number of halogens is 2. The van der Waals surface area contributed by atoms with Gasteiger partial charge in [0.05, 0.1) is 0 Å². The number of aliphatic imine (C=N–C) groups is 1. The number of rotatable bonds is 4. The molecule has 2 rings (SSSR count). The molecule has 1 aromatic rings. The normalized spacial score (nSPS) is 15.9. The molecule has 0 aromatic heterocycles. The van der Waals surface area contributed by atoms with Crippen molar-refractivity contribution < 1.29 is 8.78 Å². The molecule has 0 spiro atoms. The van der Waals surface area contributed by atoms with E-state index in [-0.39, 0.29) is 5.56 Å². The van der Waals surface area contributed by atoms with Gasteiger partial charge in [0, 0.05) is 38.8 Å². The van der Waals surface area contributed by atoms with Crippen LogP contribution in [0.4, 0.5) is 8.78 Å². The fourth-order valence-corrected chi connectivity index (χ4v) is 3.17. The minimum Gasteiger partial charge on any atom is -0.354 e. The lowest BCUT2D eigenvalue weighted by molar-refractivity contribution is 0.151. The van der Waals surface area contributed by atoms with E-state index in [1.807, 2.05) is 27.0 Å². The second-order valence-corrected chi connectivity index (χ2v) is 7.27. The van der Waals surface area contributed by atoms with Crippen molar-refractivity contribution in [1.29, 1.82) is 0 Å². The highest BCUT2D eigenvalue weighted by Crippen LogP contribution is 2.20. The molecule has 1 fully saturated rings. The van der Waals surface area contributed by atoms with Gasteiger partial charge in [0.2, 0.25) is 0 Å². The zero-order chi connectivity index (χ0) is 20.4. The van der Waals surface area contributed by atoms with Gasteiger partial charge in [-0.2, -0.15) is 0 Å². The van der Waals surface area contributed by atoms with Crippen LogP contribution in [-0.2, 0) is 0 Å². The van der Waals surface area contributed by atoms with Crippen LogP contribution >= 0.6 is 0 Å². The first-order chi connectivity index (χ1) is 12.8. The van der Waals surface area contributed by atoms with E-state index in [2.05, 4.69) is 42.1 Å². The summed E-state index contributed by atoms with van der Waals surface area (Å²) >= 11 is 0. The van der Waals surface area contributed by atoms with E-state index in [0.717, 1.165) is 49.6 Å². The van der Waals surface area contributed by atoms with Crippen molar-refractivity contribution in [3.63, 3.8) is 0 Å². The van der Waals surface area contributed by atoms with Crippen molar-refractivity contribution in [2.45, 2.75) is 47.5 Å². The Morgan fingerprint density at radius 3 is 2.11 bits per heavy atom. The van der Waals surface area contributed by atoms with Gasteiger partial charge < -0.3 is 10.2 Å². The molecule has 1 aliphatic heterocycles. The average Bonchev–Trinajstić information content (AvgIpc) is 2.63. The van der Waals surface area contributed by atoms with Gasteiger partial charge in [-0.1, -0.05) is 55.7 Å². The fourth-order valence-electron chi connectivity index (χ4n) is 3.17. The number of hydrogen-bond acceptors (Lipinski definition) is 2. The predicted octanol–water partition coefficient (Wildman–Crippen LogP) is 5.15. The molecule has 0 amide bonds. The lowest BCUT2D eigenvalue weighted by Gasteiger charge is -2.29. The summed E-state index contributed by atoms with van der Waals surface area (Å²) in [5, 5.41) is 3.37. The average molecular weight is 380 g/mol. The van der Waals surface area contributed by atoms with Crippen LogP contribution in [-0.4, -0.2) is 44.0 Å². The summed E-state index contributed by atoms with van der Waals surface area (Å²) in [6.07, 6.45) is 1.03. The summed E-state index contributed by atoms with van der Waals surface area (Å²) < 4.78 is 24.3. The monoisotopic (exact) mass is 379 g/mol. The fraction of sp³-hybridized carbons (Fsp3) is 0.591. The summed E-state index contributed by atoms with van der Waals surface area (Å²) in [6, 6.07) is 4.90. The minimum absolute atomic E-state index is 0.113.